The number of thiophene rings is 1. The van der Waals surface area contributed by atoms with Crippen molar-refractivity contribution in [1.29, 1.82) is 0 Å². The van der Waals surface area contributed by atoms with Gasteiger partial charge in [-0.05, 0) is 54.8 Å². The number of fused-ring (bicyclic) bond motifs is 1. The standard InChI is InChI=1S/C19H18FN3OS/c20-13-9-7-12(8-10-13)17(16-6-3-11-25-16)21-19(24)18-14-4-1-2-5-15(14)22-23-18/h3,6-11,17H,1-2,4-5H2,(H,21,24)(H,22,23)/t17-/m1/s1. The number of nitrogens with zero attached hydrogens (tertiary/aromatic N) is 1. The zero-order chi connectivity index (χ0) is 17.2. The number of aromatic amines is 1. The quantitative estimate of drug-likeness (QED) is 0.743. The highest BCUT2D eigenvalue weighted by molar-refractivity contribution is 7.10. The van der Waals surface area contributed by atoms with Crippen LogP contribution in [0.4, 0.5) is 4.39 Å². The van der Waals surface area contributed by atoms with Gasteiger partial charge in [0.25, 0.3) is 5.91 Å². The van der Waals surface area contributed by atoms with Crippen molar-refractivity contribution in [2.24, 2.45) is 0 Å². The fourth-order valence-electron chi connectivity index (χ4n) is 3.30. The molecule has 0 saturated carbocycles. The second kappa shape index (κ2) is 6.80. The van der Waals surface area contributed by atoms with Gasteiger partial charge in [0.05, 0.1) is 6.04 Å². The van der Waals surface area contributed by atoms with Crippen molar-refractivity contribution in [2.75, 3.05) is 0 Å². The number of benzene rings is 1. The van der Waals surface area contributed by atoms with Crippen LogP contribution in [0, 0.1) is 5.82 Å². The molecule has 4 rings (SSSR count). The Morgan fingerprint density at radius 3 is 2.76 bits per heavy atom. The van der Waals surface area contributed by atoms with Gasteiger partial charge in [0, 0.05) is 16.1 Å². The summed E-state index contributed by atoms with van der Waals surface area (Å²) in [7, 11) is 0. The molecule has 4 nitrogen and oxygen atoms in total. The lowest BCUT2D eigenvalue weighted by atomic mass is 9.95. The monoisotopic (exact) mass is 355 g/mol. The molecule has 2 aromatic heterocycles. The molecular formula is C19H18FN3OS. The Balaban J connectivity index is 1.63. The number of aryl methyl sites for hydroxylation is 1. The molecule has 1 aliphatic carbocycles. The first kappa shape index (κ1) is 16.0. The molecule has 1 aliphatic rings. The predicted octanol–water partition coefficient (Wildman–Crippen LogP) is 4.01. The minimum absolute atomic E-state index is 0.192. The van der Waals surface area contributed by atoms with Crippen LogP contribution < -0.4 is 5.32 Å². The number of hydrogen-bond acceptors (Lipinski definition) is 3. The van der Waals surface area contributed by atoms with E-state index in [1.54, 1.807) is 23.5 Å². The van der Waals surface area contributed by atoms with Gasteiger partial charge in [0.1, 0.15) is 5.82 Å². The Morgan fingerprint density at radius 1 is 1.20 bits per heavy atom. The highest BCUT2D eigenvalue weighted by Gasteiger charge is 2.25. The third-order valence-corrected chi connectivity index (χ3v) is 5.52. The van der Waals surface area contributed by atoms with E-state index in [0.29, 0.717) is 5.69 Å². The maximum absolute atomic E-state index is 13.3. The fraction of sp³-hybridized carbons (Fsp3) is 0.263. The highest BCUT2D eigenvalue weighted by atomic mass is 32.1. The number of amides is 1. The van der Waals surface area contributed by atoms with E-state index in [2.05, 4.69) is 15.5 Å². The van der Waals surface area contributed by atoms with Crippen molar-refractivity contribution in [2.45, 2.75) is 31.7 Å². The topological polar surface area (TPSA) is 57.8 Å². The lowest BCUT2D eigenvalue weighted by molar-refractivity contribution is 0.0937. The van der Waals surface area contributed by atoms with Crippen molar-refractivity contribution in [3.05, 3.63) is 75.0 Å². The summed E-state index contributed by atoms with van der Waals surface area (Å²) in [6, 6.07) is 9.85. The molecule has 0 unspecified atom stereocenters. The van der Waals surface area contributed by atoms with Crippen LogP contribution in [0.15, 0.2) is 41.8 Å². The van der Waals surface area contributed by atoms with E-state index in [1.165, 1.54) is 12.1 Å². The molecule has 0 radical (unpaired) electrons. The van der Waals surface area contributed by atoms with Gasteiger partial charge < -0.3 is 5.32 Å². The van der Waals surface area contributed by atoms with E-state index in [9.17, 15) is 9.18 Å². The molecule has 25 heavy (non-hydrogen) atoms. The Kier molecular flexibility index (Phi) is 4.36. The Labute approximate surface area is 149 Å². The molecule has 0 bridgehead atoms. The van der Waals surface area contributed by atoms with Crippen LogP contribution in [0.3, 0.4) is 0 Å². The van der Waals surface area contributed by atoms with Crippen LogP contribution in [-0.2, 0) is 12.8 Å². The molecule has 6 heteroatoms. The van der Waals surface area contributed by atoms with Gasteiger partial charge in [0.15, 0.2) is 5.69 Å². The number of carbonyl (C=O) groups is 1. The summed E-state index contributed by atoms with van der Waals surface area (Å²) >= 11 is 1.56. The van der Waals surface area contributed by atoms with E-state index >= 15 is 0 Å². The third-order valence-electron chi connectivity index (χ3n) is 4.58. The second-order valence-electron chi connectivity index (χ2n) is 6.21. The Hall–Kier alpha value is -2.47. The zero-order valence-corrected chi connectivity index (χ0v) is 14.4. The summed E-state index contributed by atoms with van der Waals surface area (Å²) in [5, 5.41) is 12.3. The van der Waals surface area contributed by atoms with Gasteiger partial charge in [-0.15, -0.1) is 11.3 Å². The molecule has 1 aromatic carbocycles. The van der Waals surface area contributed by atoms with E-state index in [0.717, 1.165) is 47.4 Å². The van der Waals surface area contributed by atoms with Crippen molar-refractivity contribution in [3.8, 4) is 0 Å². The average molecular weight is 355 g/mol. The SMILES string of the molecule is O=C(N[C@H](c1ccc(F)cc1)c1cccs1)c1n[nH]c2c1CCCC2. The van der Waals surface area contributed by atoms with Crippen LogP contribution in [0.25, 0.3) is 0 Å². The molecule has 1 atom stereocenters. The number of hydrogen-bond donors (Lipinski definition) is 2. The average Bonchev–Trinajstić information content (AvgIpc) is 3.30. The van der Waals surface area contributed by atoms with Crippen LogP contribution in [0.5, 0.6) is 0 Å². The maximum Gasteiger partial charge on any atom is 0.272 e. The van der Waals surface area contributed by atoms with E-state index in [1.807, 2.05) is 17.5 Å². The number of nitrogens with one attached hydrogen (secondary N) is 2. The number of aromatic nitrogens is 2. The summed E-state index contributed by atoms with van der Waals surface area (Å²) < 4.78 is 13.3. The molecule has 1 amide bonds. The van der Waals surface area contributed by atoms with Crippen molar-refractivity contribution in [1.82, 2.24) is 15.5 Å². The fourth-order valence-corrected chi connectivity index (χ4v) is 4.10. The lowest BCUT2D eigenvalue weighted by Crippen LogP contribution is -2.30. The molecular weight excluding hydrogens is 337 g/mol. The third kappa shape index (κ3) is 3.22. The van der Waals surface area contributed by atoms with Gasteiger partial charge in [-0.1, -0.05) is 18.2 Å². The first-order valence-corrected chi connectivity index (χ1v) is 9.26. The Morgan fingerprint density at radius 2 is 2.00 bits per heavy atom. The smallest absolute Gasteiger partial charge is 0.272 e. The highest BCUT2D eigenvalue weighted by Crippen LogP contribution is 2.28. The van der Waals surface area contributed by atoms with Crippen molar-refractivity contribution >= 4 is 17.2 Å². The number of carbonyl (C=O) groups excluding carboxylic acids is 1. The van der Waals surface area contributed by atoms with Gasteiger partial charge >= 0.3 is 0 Å². The van der Waals surface area contributed by atoms with Crippen LogP contribution in [0.1, 0.15) is 51.1 Å². The minimum atomic E-state index is -0.316. The van der Waals surface area contributed by atoms with Gasteiger partial charge in [-0.2, -0.15) is 5.10 Å². The summed E-state index contributed by atoms with van der Waals surface area (Å²) in [5.41, 5.74) is 3.44. The summed E-state index contributed by atoms with van der Waals surface area (Å²) in [6.07, 6.45) is 4.04. The summed E-state index contributed by atoms with van der Waals surface area (Å²) in [5.74, 6) is -0.483. The first-order valence-electron chi connectivity index (χ1n) is 8.38. The van der Waals surface area contributed by atoms with Crippen LogP contribution >= 0.6 is 11.3 Å². The number of rotatable bonds is 4. The van der Waals surface area contributed by atoms with E-state index < -0.39 is 0 Å². The largest absolute Gasteiger partial charge is 0.339 e. The Bertz CT molecular complexity index is 871. The molecule has 2 N–H and O–H groups in total. The number of halogens is 1. The number of H-pyrrole nitrogens is 1. The zero-order valence-electron chi connectivity index (χ0n) is 13.6. The molecule has 0 spiro atoms. The molecule has 128 valence electrons. The first-order chi connectivity index (χ1) is 12.2. The van der Waals surface area contributed by atoms with Crippen LogP contribution in [-0.4, -0.2) is 16.1 Å². The van der Waals surface area contributed by atoms with Crippen LogP contribution in [0.2, 0.25) is 0 Å². The van der Waals surface area contributed by atoms with Crippen molar-refractivity contribution < 1.29 is 9.18 Å². The molecule has 0 saturated heterocycles. The molecule has 0 aliphatic heterocycles. The van der Waals surface area contributed by atoms with E-state index in [-0.39, 0.29) is 17.8 Å². The van der Waals surface area contributed by atoms with Gasteiger partial charge in [-0.3, -0.25) is 9.89 Å². The van der Waals surface area contributed by atoms with Gasteiger partial charge in [0.2, 0.25) is 0 Å². The molecule has 0 fully saturated rings. The molecule has 2 heterocycles. The normalized spacial score (nSPS) is 14.8. The minimum Gasteiger partial charge on any atom is -0.339 e. The second-order valence-corrected chi connectivity index (χ2v) is 7.19. The van der Waals surface area contributed by atoms with Crippen molar-refractivity contribution in [3.63, 3.8) is 0 Å². The summed E-state index contributed by atoms with van der Waals surface area (Å²) in [6.45, 7) is 0. The van der Waals surface area contributed by atoms with Gasteiger partial charge in [-0.25, -0.2) is 4.39 Å². The van der Waals surface area contributed by atoms with E-state index in [4.69, 9.17) is 0 Å². The predicted molar refractivity (Wildman–Crippen MR) is 95.3 cm³/mol. The summed E-state index contributed by atoms with van der Waals surface area (Å²) in [4.78, 5) is 13.9. The maximum atomic E-state index is 13.3. The molecule has 3 aromatic rings. The lowest BCUT2D eigenvalue weighted by Gasteiger charge is -2.18.